The lowest BCUT2D eigenvalue weighted by molar-refractivity contribution is 0.589. The zero-order valence-electron chi connectivity index (χ0n) is 16.0. The number of aromatic nitrogens is 2. The van der Waals surface area contributed by atoms with Crippen molar-refractivity contribution in [1.82, 2.24) is 9.97 Å². The number of hydrogen-bond donors (Lipinski definition) is 0. The Hall–Kier alpha value is -2.14. The van der Waals surface area contributed by atoms with Crippen molar-refractivity contribution in [2.45, 2.75) is 33.1 Å². The Morgan fingerprint density at radius 3 is 2.23 bits per heavy atom. The van der Waals surface area contributed by atoms with Crippen LogP contribution in [0.4, 0.5) is 11.5 Å². The number of rotatable bonds is 2. The van der Waals surface area contributed by atoms with Crippen molar-refractivity contribution in [2.24, 2.45) is 0 Å². The minimum Gasteiger partial charge on any atom is -0.368 e. The molecular weight excluding hydrogens is 340 g/mol. The first-order chi connectivity index (χ1) is 12.4. The summed E-state index contributed by atoms with van der Waals surface area (Å²) < 4.78 is 0. The normalized spacial score (nSPS) is 15.7. The van der Waals surface area contributed by atoms with Gasteiger partial charge in [0.1, 0.15) is 17.0 Å². The summed E-state index contributed by atoms with van der Waals surface area (Å²) in [5.74, 6) is 1.09. The fourth-order valence-electron chi connectivity index (χ4n) is 3.59. The minimum absolute atomic E-state index is 0.202. The van der Waals surface area contributed by atoms with Crippen molar-refractivity contribution in [3.05, 3.63) is 47.1 Å². The van der Waals surface area contributed by atoms with Gasteiger partial charge >= 0.3 is 0 Å². The molecule has 136 valence electrons. The van der Waals surface area contributed by atoms with Gasteiger partial charge in [0.15, 0.2) is 0 Å². The third-order valence-electron chi connectivity index (χ3n) is 5.21. The standard InChI is InChI=1S/C21H26N4S/c1-15-13-26-20-18(15)19(22-14-23-20)25-11-9-24(10-12-25)17-7-5-16(6-8-17)21(2,3)4/h5-8,13-14H,9-12H2,1-4H3. The van der Waals surface area contributed by atoms with Crippen molar-refractivity contribution < 1.29 is 0 Å². The van der Waals surface area contributed by atoms with Gasteiger partial charge in [-0.05, 0) is 41.0 Å². The SMILES string of the molecule is Cc1csc2ncnc(N3CCN(c4ccc(C(C)(C)C)cc4)CC3)c12. The van der Waals surface area contributed by atoms with Crippen LogP contribution in [0.2, 0.25) is 0 Å². The maximum absolute atomic E-state index is 4.60. The van der Waals surface area contributed by atoms with Crippen LogP contribution in [0.5, 0.6) is 0 Å². The second kappa shape index (κ2) is 6.54. The van der Waals surface area contributed by atoms with E-state index in [4.69, 9.17) is 0 Å². The summed E-state index contributed by atoms with van der Waals surface area (Å²) in [4.78, 5) is 15.0. The number of nitrogens with zero attached hydrogens (tertiary/aromatic N) is 4. The van der Waals surface area contributed by atoms with Crippen LogP contribution in [-0.2, 0) is 5.41 Å². The van der Waals surface area contributed by atoms with Crippen molar-refractivity contribution in [3.8, 4) is 0 Å². The molecule has 0 radical (unpaired) electrons. The molecule has 0 bridgehead atoms. The molecule has 1 saturated heterocycles. The second-order valence-electron chi connectivity index (χ2n) is 8.07. The third kappa shape index (κ3) is 3.16. The number of piperazine rings is 1. The molecule has 0 spiro atoms. The zero-order valence-corrected chi connectivity index (χ0v) is 16.8. The average Bonchev–Trinajstić information content (AvgIpc) is 3.03. The Morgan fingerprint density at radius 1 is 0.923 bits per heavy atom. The van der Waals surface area contributed by atoms with Gasteiger partial charge in [-0.1, -0.05) is 32.9 Å². The minimum atomic E-state index is 0.202. The van der Waals surface area contributed by atoms with Crippen molar-refractivity contribution in [1.29, 1.82) is 0 Å². The van der Waals surface area contributed by atoms with Crippen LogP contribution >= 0.6 is 11.3 Å². The lowest BCUT2D eigenvalue weighted by Gasteiger charge is -2.37. The molecule has 0 N–H and O–H groups in total. The van der Waals surface area contributed by atoms with E-state index < -0.39 is 0 Å². The lowest BCUT2D eigenvalue weighted by Crippen LogP contribution is -2.47. The van der Waals surface area contributed by atoms with Crippen molar-refractivity contribution in [2.75, 3.05) is 36.0 Å². The molecule has 3 aromatic rings. The highest BCUT2D eigenvalue weighted by Crippen LogP contribution is 2.32. The number of thiophene rings is 1. The van der Waals surface area contributed by atoms with Crippen molar-refractivity contribution >= 4 is 33.1 Å². The molecular formula is C21H26N4S. The van der Waals surface area contributed by atoms with Crippen LogP contribution in [0, 0.1) is 6.92 Å². The average molecular weight is 367 g/mol. The highest BCUT2D eigenvalue weighted by molar-refractivity contribution is 7.17. The smallest absolute Gasteiger partial charge is 0.141 e. The van der Waals surface area contributed by atoms with Gasteiger partial charge in [-0.25, -0.2) is 9.97 Å². The molecule has 2 aromatic heterocycles. The number of benzene rings is 1. The van der Waals surface area contributed by atoms with Crippen LogP contribution in [0.15, 0.2) is 36.0 Å². The monoisotopic (exact) mass is 366 g/mol. The maximum atomic E-state index is 4.60. The third-order valence-corrected chi connectivity index (χ3v) is 6.22. The zero-order chi connectivity index (χ0) is 18.3. The van der Waals surface area contributed by atoms with Gasteiger partial charge in [0.2, 0.25) is 0 Å². The Balaban J connectivity index is 1.49. The number of hydrogen-bond acceptors (Lipinski definition) is 5. The number of fused-ring (bicyclic) bond motifs is 1. The largest absolute Gasteiger partial charge is 0.368 e. The summed E-state index contributed by atoms with van der Waals surface area (Å²) in [5, 5.41) is 3.40. The quantitative estimate of drug-likeness (QED) is 0.662. The Kier molecular flexibility index (Phi) is 4.35. The first kappa shape index (κ1) is 17.3. The summed E-state index contributed by atoms with van der Waals surface area (Å²) in [7, 11) is 0. The van der Waals surface area contributed by atoms with Gasteiger partial charge in [-0.3, -0.25) is 0 Å². The first-order valence-electron chi connectivity index (χ1n) is 9.23. The highest BCUT2D eigenvalue weighted by Gasteiger charge is 2.22. The van der Waals surface area contributed by atoms with Gasteiger partial charge in [0.25, 0.3) is 0 Å². The van der Waals surface area contributed by atoms with E-state index in [-0.39, 0.29) is 5.41 Å². The summed E-state index contributed by atoms with van der Waals surface area (Å²) in [6.45, 7) is 12.9. The Labute approximate surface area is 159 Å². The van der Waals surface area contributed by atoms with E-state index in [1.165, 1.54) is 22.2 Å². The van der Waals surface area contributed by atoms with E-state index in [9.17, 15) is 0 Å². The molecule has 0 amide bonds. The van der Waals surface area contributed by atoms with Gasteiger partial charge in [0.05, 0.1) is 5.39 Å². The lowest BCUT2D eigenvalue weighted by atomic mass is 9.87. The van der Waals surface area contributed by atoms with Crippen LogP contribution in [-0.4, -0.2) is 36.1 Å². The van der Waals surface area contributed by atoms with E-state index in [0.29, 0.717) is 0 Å². The fourth-order valence-corrected chi connectivity index (χ4v) is 4.47. The molecule has 3 heterocycles. The predicted molar refractivity (Wildman–Crippen MR) is 112 cm³/mol. The number of anilines is 2. The first-order valence-corrected chi connectivity index (χ1v) is 10.1. The van der Waals surface area contributed by atoms with E-state index in [2.05, 4.69) is 77.1 Å². The van der Waals surface area contributed by atoms with Crippen LogP contribution in [0.3, 0.4) is 0 Å². The predicted octanol–water partition coefficient (Wildman–Crippen LogP) is 4.62. The molecule has 0 unspecified atom stereocenters. The Bertz CT molecular complexity index is 900. The van der Waals surface area contributed by atoms with E-state index >= 15 is 0 Å². The maximum Gasteiger partial charge on any atom is 0.141 e. The molecule has 5 heteroatoms. The molecule has 4 nitrogen and oxygen atoms in total. The Morgan fingerprint density at radius 2 is 1.58 bits per heavy atom. The van der Waals surface area contributed by atoms with E-state index in [0.717, 1.165) is 36.8 Å². The molecule has 1 aromatic carbocycles. The molecule has 26 heavy (non-hydrogen) atoms. The van der Waals surface area contributed by atoms with Crippen LogP contribution in [0.1, 0.15) is 31.9 Å². The van der Waals surface area contributed by atoms with Gasteiger partial charge in [0, 0.05) is 31.9 Å². The molecule has 0 aliphatic carbocycles. The topological polar surface area (TPSA) is 32.3 Å². The molecule has 0 saturated carbocycles. The van der Waals surface area contributed by atoms with Crippen LogP contribution in [0.25, 0.3) is 10.2 Å². The van der Waals surface area contributed by atoms with E-state index in [1.807, 2.05) is 0 Å². The van der Waals surface area contributed by atoms with E-state index in [1.54, 1.807) is 17.7 Å². The molecule has 4 rings (SSSR count). The summed E-state index contributed by atoms with van der Waals surface area (Å²) >= 11 is 1.70. The highest BCUT2D eigenvalue weighted by atomic mass is 32.1. The molecule has 0 atom stereocenters. The summed E-state index contributed by atoms with van der Waals surface area (Å²) in [5.41, 5.74) is 4.18. The van der Waals surface area contributed by atoms with Crippen molar-refractivity contribution in [3.63, 3.8) is 0 Å². The summed E-state index contributed by atoms with van der Waals surface area (Å²) in [6, 6.07) is 9.07. The fraction of sp³-hybridized carbons (Fsp3) is 0.429. The molecule has 1 fully saturated rings. The summed E-state index contributed by atoms with van der Waals surface area (Å²) in [6.07, 6.45) is 1.70. The second-order valence-corrected chi connectivity index (χ2v) is 8.93. The van der Waals surface area contributed by atoms with Gasteiger partial charge < -0.3 is 9.80 Å². The van der Waals surface area contributed by atoms with Crippen LogP contribution < -0.4 is 9.80 Å². The van der Waals surface area contributed by atoms with Gasteiger partial charge in [-0.15, -0.1) is 11.3 Å². The molecule has 1 aliphatic rings. The number of aryl methyl sites for hydroxylation is 1. The molecule has 1 aliphatic heterocycles. The van der Waals surface area contributed by atoms with Gasteiger partial charge in [-0.2, -0.15) is 0 Å².